The molecular weight excluding hydrogens is 276 g/mol. The zero-order chi connectivity index (χ0) is 14.1. The summed E-state index contributed by atoms with van der Waals surface area (Å²) < 4.78 is 12.6. The van der Waals surface area contributed by atoms with E-state index >= 15 is 0 Å². The van der Waals surface area contributed by atoms with Gasteiger partial charge >= 0.3 is 0 Å². The first-order valence-electron chi connectivity index (χ1n) is 6.08. The lowest BCUT2D eigenvalue weighted by Crippen LogP contribution is -1.91. The average Bonchev–Trinajstić information content (AvgIpc) is 2.90. The van der Waals surface area contributed by atoms with E-state index in [1.54, 1.807) is 26.4 Å². The molecule has 0 radical (unpaired) electrons. The van der Waals surface area contributed by atoms with Gasteiger partial charge in [0, 0.05) is 24.0 Å². The first kappa shape index (κ1) is 12.8. The third-order valence-electron chi connectivity index (χ3n) is 3.11. The van der Waals surface area contributed by atoms with Gasteiger partial charge in [-0.3, -0.25) is 0 Å². The molecule has 2 aromatic heterocycles. The third kappa shape index (κ3) is 2.08. The Labute approximate surface area is 121 Å². The highest BCUT2D eigenvalue weighted by atomic mass is 35.5. The third-order valence-corrected chi connectivity index (χ3v) is 3.41. The van der Waals surface area contributed by atoms with Crippen LogP contribution in [0.25, 0.3) is 16.9 Å². The maximum atomic E-state index is 6.19. The van der Waals surface area contributed by atoms with Crippen LogP contribution in [0.1, 0.15) is 0 Å². The number of hydrogen-bond donors (Lipinski definition) is 0. The van der Waals surface area contributed by atoms with E-state index in [0.717, 1.165) is 16.9 Å². The number of methoxy groups -OCH3 is 2. The van der Waals surface area contributed by atoms with Crippen molar-refractivity contribution >= 4 is 17.2 Å². The Morgan fingerprint density at radius 2 is 1.90 bits per heavy atom. The Kier molecular flexibility index (Phi) is 3.24. The number of rotatable bonds is 3. The van der Waals surface area contributed by atoms with Crippen LogP contribution in [0.2, 0.25) is 5.02 Å². The molecule has 5 heteroatoms. The smallest absolute Gasteiger partial charge is 0.141 e. The van der Waals surface area contributed by atoms with Crippen LogP contribution in [-0.2, 0) is 0 Å². The number of pyridine rings is 1. The zero-order valence-electron chi connectivity index (χ0n) is 11.1. The van der Waals surface area contributed by atoms with Crippen molar-refractivity contribution in [3.8, 4) is 22.8 Å². The summed E-state index contributed by atoms with van der Waals surface area (Å²) in [4.78, 5) is 4.57. The molecule has 0 saturated heterocycles. The molecule has 1 aromatic carbocycles. The summed E-state index contributed by atoms with van der Waals surface area (Å²) in [5.74, 6) is 1.26. The Bertz CT molecular complexity index is 735. The number of benzene rings is 1. The van der Waals surface area contributed by atoms with Gasteiger partial charge in [0.1, 0.15) is 17.1 Å². The monoisotopic (exact) mass is 288 g/mol. The highest BCUT2D eigenvalue weighted by Crippen LogP contribution is 2.38. The molecule has 0 amide bonds. The van der Waals surface area contributed by atoms with E-state index in [0.29, 0.717) is 16.5 Å². The van der Waals surface area contributed by atoms with E-state index in [1.165, 1.54) is 0 Å². The second-order valence-corrected chi connectivity index (χ2v) is 4.69. The van der Waals surface area contributed by atoms with Gasteiger partial charge in [-0.05, 0) is 18.2 Å². The minimum Gasteiger partial charge on any atom is -0.496 e. The fourth-order valence-electron chi connectivity index (χ4n) is 2.12. The summed E-state index contributed by atoms with van der Waals surface area (Å²) in [6.45, 7) is 0. The topological polar surface area (TPSA) is 35.8 Å². The van der Waals surface area contributed by atoms with Gasteiger partial charge in [0.25, 0.3) is 0 Å². The van der Waals surface area contributed by atoms with E-state index < -0.39 is 0 Å². The van der Waals surface area contributed by atoms with Crippen LogP contribution in [0.4, 0.5) is 0 Å². The van der Waals surface area contributed by atoms with E-state index in [4.69, 9.17) is 21.1 Å². The van der Waals surface area contributed by atoms with Gasteiger partial charge in [-0.15, -0.1) is 0 Å². The number of ether oxygens (including phenoxy) is 2. The summed E-state index contributed by atoms with van der Waals surface area (Å²) in [6.07, 6.45) is 3.89. The van der Waals surface area contributed by atoms with E-state index in [-0.39, 0.29) is 0 Å². The molecule has 0 atom stereocenters. The van der Waals surface area contributed by atoms with Gasteiger partial charge in [-0.2, -0.15) is 0 Å². The molecule has 0 aliphatic heterocycles. The lowest BCUT2D eigenvalue weighted by atomic mass is 10.1. The summed E-state index contributed by atoms with van der Waals surface area (Å²) in [6, 6.07) is 9.42. The van der Waals surface area contributed by atoms with Crippen molar-refractivity contribution in [1.82, 2.24) is 9.38 Å². The molecule has 3 rings (SSSR count). The van der Waals surface area contributed by atoms with Crippen LogP contribution in [0, 0.1) is 0 Å². The molecule has 2 heterocycles. The van der Waals surface area contributed by atoms with Crippen molar-refractivity contribution in [1.29, 1.82) is 0 Å². The van der Waals surface area contributed by atoms with Crippen LogP contribution in [-0.4, -0.2) is 23.6 Å². The van der Waals surface area contributed by atoms with Crippen molar-refractivity contribution in [3.63, 3.8) is 0 Å². The molecule has 0 aliphatic rings. The molecule has 0 bridgehead atoms. The summed E-state index contributed by atoms with van der Waals surface area (Å²) in [5.41, 5.74) is 2.51. The second-order valence-electron chi connectivity index (χ2n) is 4.28. The molecule has 0 saturated carbocycles. The standard InChI is InChI=1S/C15H13ClN2O2/c1-19-13-8-14(20-2)11(16)7-10(13)12-9-18-6-4-3-5-15(18)17-12/h3-9H,1-2H3. The van der Waals surface area contributed by atoms with Crippen LogP contribution in [0.3, 0.4) is 0 Å². The Morgan fingerprint density at radius 3 is 2.60 bits per heavy atom. The number of fused-ring (bicyclic) bond motifs is 1. The van der Waals surface area contributed by atoms with Crippen LogP contribution >= 0.6 is 11.6 Å². The van der Waals surface area contributed by atoms with Gasteiger partial charge in [-0.25, -0.2) is 4.98 Å². The van der Waals surface area contributed by atoms with E-state index in [9.17, 15) is 0 Å². The lowest BCUT2D eigenvalue weighted by Gasteiger charge is -2.10. The Morgan fingerprint density at radius 1 is 1.10 bits per heavy atom. The molecule has 0 aliphatic carbocycles. The molecule has 3 aromatic rings. The van der Waals surface area contributed by atoms with Crippen LogP contribution in [0.5, 0.6) is 11.5 Å². The maximum Gasteiger partial charge on any atom is 0.141 e. The largest absolute Gasteiger partial charge is 0.496 e. The van der Waals surface area contributed by atoms with Gasteiger partial charge in [0.2, 0.25) is 0 Å². The zero-order valence-corrected chi connectivity index (χ0v) is 11.9. The Hall–Kier alpha value is -2.20. The highest BCUT2D eigenvalue weighted by Gasteiger charge is 2.14. The molecule has 4 nitrogen and oxygen atoms in total. The predicted octanol–water partition coefficient (Wildman–Crippen LogP) is 3.67. The van der Waals surface area contributed by atoms with Crippen molar-refractivity contribution in [2.45, 2.75) is 0 Å². The number of halogens is 1. The quantitative estimate of drug-likeness (QED) is 0.738. The van der Waals surface area contributed by atoms with Gasteiger partial charge in [0.05, 0.1) is 24.9 Å². The first-order chi connectivity index (χ1) is 9.72. The minimum atomic E-state index is 0.528. The summed E-state index contributed by atoms with van der Waals surface area (Å²) in [7, 11) is 3.19. The molecule has 0 spiro atoms. The van der Waals surface area contributed by atoms with Gasteiger partial charge < -0.3 is 13.9 Å². The van der Waals surface area contributed by atoms with Crippen molar-refractivity contribution in [2.75, 3.05) is 14.2 Å². The van der Waals surface area contributed by atoms with Gasteiger partial charge in [0.15, 0.2) is 0 Å². The van der Waals surface area contributed by atoms with Gasteiger partial charge in [-0.1, -0.05) is 17.7 Å². The second kappa shape index (κ2) is 5.06. The number of hydrogen-bond acceptors (Lipinski definition) is 3. The number of imidazole rings is 1. The predicted molar refractivity (Wildman–Crippen MR) is 78.7 cm³/mol. The lowest BCUT2D eigenvalue weighted by molar-refractivity contribution is 0.395. The average molecular weight is 289 g/mol. The molecule has 20 heavy (non-hydrogen) atoms. The van der Waals surface area contributed by atoms with Crippen molar-refractivity contribution in [3.05, 3.63) is 47.7 Å². The van der Waals surface area contributed by atoms with Crippen LogP contribution in [0.15, 0.2) is 42.7 Å². The number of nitrogens with zero attached hydrogens (tertiary/aromatic N) is 2. The number of aromatic nitrogens is 2. The van der Waals surface area contributed by atoms with E-state index in [2.05, 4.69) is 4.98 Å². The molecule has 0 N–H and O–H groups in total. The van der Waals surface area contributed by atoms with Crippen molar-refractivity contribution in [2.24, 2.45) is 0 Å². The maximum absolute atomic E-state index is 6.19. The first-order valence-corrected chi connectivity index (χ1v) is 6.46. The fraction of sp³-hybridized carbons (Fsp3) is 0.133. The van der Waals surface area contributed by atoms with Crippen molar-refractivity contribution < 1.29 is 9.47 Å². The molecular formula is C15H13ClN2O2. The molecule has 0 unspecified atom stereocenters. The SMILES string of the molecule is COc1cc(OC)c(-c2cn3ccccc3n2)cc1Cl. The minimum absolute atomic E-state index is 0.528. The molecule has 0 fully saturated rings. The summed E-state index contributed by atoms with van der Waals surface area (Å²) >= 11 is 6.19. The summed E-state index contributed by atoms with van der Waals surface area (Å²) in [5, 5.41) is 0.528. The van der Waals surface area contributed by atoms with E-state index in [1.807, 2.05) is 35.0 Å². The van der Waals surface area contributed by atoms with Crippen LogP contribution < -0.4 is 9.47 Å². The fourth-order valence-corrected chi connectivity index (χ4v) is 2.37. The Balaban J connectivity index is 2.19. The highest BCUT2D eigenvalue weighted by molar-refractivity contribution is 6.32. The normalized spacial score (nSPS) is 10.8. The molecule has 102 valence electrons.